The lowest BCUT2D eigenvalue weighted by Crippen LogP contribution is -2.49. The zero-order valence-electron chi connectivity index (χ0n) is 14.4. The number of aromatic nitrogens is 4. The number of amides is 1. The van der Waals surface area contributed by atoms with Gasteiger partial charge in [-0.3, -0.25) is 4.79 Å². The summed E-state index contributed by atoms with van der Waals surface area (Å²) in [6.45, 7) is 4.48. The first-order chi connectivity index (χ1) is 12.7. The van der Waals surface area contributed by atoms with Gasteiger partial charge in [0.15, 0.2) is 5.82 Å². The number of anilines is 1. The molecule has 1 fully saturated rings. The molecule has 0 bridgehead atoms. The predicted octanol–water partition coefficient (Wildman–Crippen LogP) is 1.80. The summed E-state index contributed by atoms with van der Waals surface area (Å²) in [5.74, 6) is 1.77. The molecule has 0 saturated carbocycles. The van der Waals surface area contributed by atoms with E-state index in [0.717, 1.165) is 18.7 Å². The smallest absolute Gasteiger partial charge is 0.257 e. The van der Waals surface area contributed by atoms with Crippen molar-refractivity contribution in [3.05, 3.63) is 54.1 Å². The van der Waals surface area contributed by atoms with Crippen molar-refractivity contribution in [3.63, 3.8) is 0 Å². The van der Waals surface area contributed by atoms with Gasteiger partial charge in [-0.2, -0.15) is 4.98 Å². The average Bonchev–Trinajstić information content (AvgIpc) is 3.15. The molecule has 1 aliphatic heterocycles. The van der Waals surface area contributed by atoms with Crippen molar-refractivity contribution in [1.82, 2.24) is 25.0 Å². The molecule has 2 aromatic heterocycles. The Morgan fingerprint density at radius 1 is 1.04 bits per heavy atom. The Hall–Kier alpha value is -3.29. The third-order valence-corrected chi connectivity index (χ3v) is 4.31. The van der Waals surface area contributed by atoms with Gasteiger partial charge in [0.1, 0.15) is 0 Å². The number of aryl methyl sites for hydroxylation is 1. The van der Waals surface area contributed by atoms with Crippen LogP contribution in [0, 0.1) is 6.92 Å². The van der Waals surface area contributed by atoms with Gasteiger partial charge in [0.05, 0.1) is 0 Å². The van der Waals surface area contributed by atoms with Gasteiger partial charge >= 0.3 is 0 Å². The molecule has 1 saturated heterocycles. The predicted molar refractivity (Wildman–Crippen MR) is 94.6 cm³/mol. The second-order valence-corrected chi connectivity index (χ2v) is 6.05. The first-order valence-electron chi connectivity index (χ1n) is 8.43. The van der Waals surface area contributed by atoms with Crippen molar-refractivity contribution in [2.45, 2.75) is 6.92 Å². The molecule has 0 aliphatic carbocycles. The second-order valence-electron chi connectivity index (χ2n) is 6.05. The van der Waals surface area contributed by atoms with E-state index in [1.165, 1.54) is 0 Å². The van der Waals surface area contributed by atoms with Gasteiger partial charge in [-0.15, -0.1) is 0 Å². The Morgan fingerprint density at radius 3 is 2.35 bits per heavy atom. The van der Waals surface area contributed by atoms with E-state index in [1.54, 1.807) is 37.5 Å². The van der Waals surface area contributed by atoms with Crippen molar-refractivity contribution in [3.8, 4) is 11.5 Å². The maximum absolute atomic E-state index is 12.7. The second kappa shape index (κ2) is 6.91. The topological polar surface area (TPSA) is 88.3 Å². The summed E-state index contributed by atoms with van der Waals surface area (Å²) in [7, 11) is 0. The fourth-order valence-electron chi connectivity index (χ4n) is 2.92. The molecule has 0 atom stereocenters. The maximum atomic E-state index is 12.7. The molecule has 26 heavy (non-hydrogen) atoms. The third-order valence-electron chi connectivity index (χ3n) is 4.31. The first-order valence-corrected chi connectivity index (χ1v) is 8.43. The van der Waals surface area contributed by atoms with Gasteiger partial charge in [-0.1, -0.05) is 5.16 Å². The number of hydrogen-bond donors (Lipinski definition) is 0. The Bertz CT molecular complexity index is 886. The van der Waals surface area contributed by atoms with E-state index in [1.807, 2.05) is 17.0 Å². The Labute approximate surface area is 150 Å². The Kier molecular flexibility index (Phi) is 4.30. The number of benzene rings is 1. The van der Waals surface area contributed by atoms with Crippen LogP contribution < -0.4 is 4.90 Å². The highest BCUT2D eigenvalue weighted by Gasteiger charge is 2.23. The molecule has 1 aromatic carbocycles. The summed E-state index contributed by atoms with van der Waals surface area (Å²) in [4.78, 5) is 29.4. The molecule has 3 heterocycles. The SMILES string of the molecule is Cc1noc(-c2ccc(C(=O)N3CCN(c4ncccn4)CC3)cc2)n1. The van der Waals surface area contributed by atoms with Crippen molar-refractivity contribution in [1.29, 1.82) is 0 Å². The minimum absolute atomic E-state index is 0.0203. The quantitative estimate of drug-likeness (QED) is 0.711. The number of nitrogens with zero attached hydrogens (tertiary/aromatic N) is 6. The van der Waals surface area contributed by atoms with E-state index >= 15 is 0 Å². The van der Waals surface area contributed by atoms with Crippen LogP contribution in [0.2, 0.25) is 0 Å². The number of carbonyl (C=O) groups is 1. The van der Waals surface area contributed by atoms with Gasteiger partial charge in [-0.05, 0) is 37.3 Å². The lowest BCUT2D eigenvalue weighted by Gasteiger charge is -2.34. The van der Waals surface area contributed by atoms with Gasteiger partial charge in [0.2, 0.25) is 5.95 Å². The van der Waals surface area contributed by atoms with E-state index in [0.29, 0.717) is 36.3 Å². The fraction of sp³-hybridized carbons (Fsp3) is 0.278. The fourth-order valence-corrected chi connectivity index (χ4v) is 2.92. The molecule has 0 unspecified atom stereocenters. The lowest BCUT2D eigenvalue weighted by molar-refractivity contribution is 0.0746. The molecule has 0 N–H and O–H groups in total. The number of carbonyl (C=O) groups excluding carboxylic acids is 1. The van der Waals surface area contributed by atoms with Gasteiger partial charge in [0, 0.05) is 49.7 Å². The highest BCUT2D eigenvalue weighted by atomic mass is 16.5. The molecule has 0 spiro atoms. The third kappa shape index (κ3) is 3.26. The van der Waals surface area contributed by atoms with Crippen molar-refractivity contribution >= 4 is 11.9 Å². The molecule has 132 valence electrons. The summed E-state index contributed by atoms with van der Waals surface area (Å²) in [5.41, 5.74) is 1.45. The largest absolute Gasteiger partial charge is 0.337 e. The normalized spacial score (nSPS) is 14.5. The van der Waals surface area contributed by atoms with E-state index in [-0.39, 0.29) is 5.91 Å². The highest BCUT2D eigenvalue weighted by molar-refractivity contribution is 5.94. The molecular weight excluding hydrogens is 332 g/mol. The van der Waals surface area contributed by atoms with Crippen LogP contribution in [0.4, 0.5) is 5.95 Å². The standard InChI is InChI=1S/C18H18N6O2/c1-13-21-16(26-22-13)14-3-5-15(6-4-14)17(25)23-9-11-24(12-10-23)18-19-7-2-8-20-18/h2-8H,9-12H2,1H3. The maximum Gasteiger partial charge on any atom is 0.257 e. The zero-order chi connectivity index (χ0) is 17.9. The molecule has 0 radical (unpaired) electrons. The Balaban J connectivity index is 1.40. The zero-order valence-corrected chi connectivity index (χ0v) is 14.4. The molecule has 3 aromatic rings. The average molecular weight is 350 g/mol. The lowest BCUT2D eigenvalue weighted by atomic mass is 10.1. The van der Waals surface area contributed by atoms with E-state index < -0.39 is 0 Å². The molecule has 8 nitrogen and oxygen atoms in total. The van der Waals surface area contributed by atoms with Crippen LogP contribution in [0.3, 0.4) is 0 Å². The summed E-state index contributed by atoms with van der Waals surface area (Å²) in [6, 6.07) is 9.04. The summed E-state index contributed by atoms with van der Waals surface area (Å²) in [6.07, 6.45) is 3.46. The van der Waals surface area contributed by atoms with Crippen molar-refractivity contribution < 1.29 is 9.32 Å². The van der Waals surface area contributed by atoms with Crippen LogP contribution >= 0.6 is 0 Å². The van der Waals surface area contributed by atoms with Gasteiger partial charge in [-0.25, -0.2) is 9.97 Å². The highest BCUT2D eigenvalue weighted by Crippen LogP contribution is 2.19. The van der Waals surface area contributed by atoms with Crippen LogP contribution in [0.1, 0.15) is 16.2 Å². The monoisotopic (exact) mass is 350 g/mol. The minimum Gasteiger partial charge on any atom is -0.337 e. The van der Waals surface area contributed by atoms with Crippen LogP contribution in [0.25, 0.3) is 11.5 Å². The van der Waals surface area contributed by atoms with Crippen LogP contribution in [-0.4, -0.2) is 57.1 Å². The molecule has 1 amide bonds. The molecule has 8 heteroatoms. The van der Waals surface area contributed by atoms with Crippen LogP contribution in [0.5, 0.6) is 0 Å². The molecule has 4 rings (SSSR count). The summed E-state index contributed by atoms with van der Waals surface area (Å²) < 4.78 is 5.15. The Morgan fingerprint density at radius 2 is 1.73 bits per heavy atom. The number of piperazine rings is 1. The number of hydrogen-bond acceptors (Lipinski definition) is 7. The van der Waals surface area contributed by atoms with E-state index in [4.69, 9.17) is 4.52 Å². The van der Waals surface area contributed by atoms with E-state index in [9.17, 15) is 4.79 Å². The van der Waals surface area contributed by atoms with Crippen LogP contribution in [0.15, 0.2) is 47.2 Å². The van der Waals surface area contributed by atoms with Crippen LogP contribution in [-0.2, 0) is 0 Å². The van der Waals surface area contributed by atoms with Crippen molar-refractivity contribution in [2.24, 2.45) is 0 Å². The summed E-state index contributed by atoms with van der Waals surface area (Å²) in [5, 5.41) is 3.78. The van der Waals surface area contributed by atoms with Crippen molar-refractivity contribution in [2.75, 3.05) is 31.1 Å². The van der Waals surface area contributed by atoms with Gasteiger partial charge < -0.3 is 14.3 Å². The van der Waals surface area contributed by atoms with Gasteiger partial charge in [0.25, 0.3) is 11.8 Å². The molecule has 1 aliphatic rings. The molecular formula is C18H18N6O2. The first kappa shape index (κ1) is 16.2. The number of rotatable bonds is 3. The van der Waals surface area contributed by atoms with E-state index in [2.05, 4.69) is 25.0 Å². The minimum atomic E-state index is 0.0203. The summed E-state index contributed by atoms with van der Waals surface area (Å²) >= 11 is 0.